The average Bonchev–Trinajstić information content (AvgIpc) is 2.70. The number of aromatic nitrogens is 2. The van der Waals surface area contributed by atoms with Gasteiger partial charge in [0.2, 0.25) is 5.28 Å². The van der Waals surface area contributed by atoms with Gasteiger partial charge in [-0.15, -0.1) is 0 Å². The summed E-state index contributed by atoms with van der Waals surface area (Å²) < 4.78 is 39.7. The standard InChI is InChI=1S/C22H22ClF2N3O2S/c1-13(30-17-8-14(12-31-2)7-16(26)10-17)5-6-29-20-9-15(24)3-4-18(20)21-19(25)11-27-22(23)28-21/h3-4,7-11,13H,5-6,12,26H2,1-2H3/t13-/m0/s1. The van der Waals surface area contributed by atoms with E-state index in [2.05, 4.69) is 9.97 Å². The SMILES string of the molecule is CSCc1cc(N)cc(O[C@@H](C)CCOc2cc(F)ccc2-c2nc(Cl)ncc2F)c1. The topological polar surface area (TPSA) is 70.3 Å². The number of hydrogen-bond donors (Lipinski definition) is 1. The average molecular weight is 466 g/mol. The highest BCUT2D eigenvalue weighted by Crippen LogP contribution is 2.32. The highest BCUT2D eigenvalue weighted by Gasteiger charge is 2.16. The fourth-order valence-electron chi connectivity index (χ4n) is 2.98. The van der Waals surface area contributed by atoms with Crippen molar-refractivity contribution in [3.63, 3.8) is 0 Å². The quantitative estimate of drug-likeness (QED) is 0.320. The molecular weight excluding hydrogens is 444 g/mol. The molecule has 0 radical (unpaired) electrons. The molecule has 1 atom stereocenters. The molecule has 0 amide bonds. The van der Waals surface area contributed by atoms with Gasteiger partial charge >= 0.3 is 0 Å². The van der Waals surface area contributed by atoms with E-state index >= 15 is 0 Å². The van der Waals surface area contributed by atoms with Crippen molar-refractivity contribution < 1.29 is 18.3 Å². The molecule has 9 heteroatoms. The van der Waals surface area contributed by atoms with E-state index in [-0.39, 0.29) is 35.0 Å². The first-order chi connectivity index (χ1) is 14.9. The fourth-order valence-corrected chi connectivity index (χ4v) is 3.61. The first-order valence-electron chi connectivity index (χ1n) is 9.51. The number of benzene rings is 2. The molecule has 5 nitrogen and oxygen atoms in total. The van der Waals surface area contributed by atoms with E-state index in [1.54, 1.807) is 17.8 Å². The van der Waals surface area contributed by atoms with Crippen LogP contribution in [0.5, 0.6) is 11.5 Å². The van der Waals surface area contributed by atoms with Gasteiger partial charge in [-0.05, 0) is 54.6 Å². The predicted octanol–water partition coefficient (Wildman–Crippen LogP) is 5.76. The van der Waals surface area contributed by atoms with Crippen LogP contribution in [0.3, 0.4) is 0 Å². The van der Waals surface area contributed by atoms with Crippen LogP contribution in [-0.4, -0.2) is 28.9 Å². The predicted molar refractivity (Wildman–Crippen MR) is 121 cm³/mol. The summed E-state index contributed by atoms with van der Waals surface area (Å²) in [6, 6.07) is 9.43. The molecule has 0 aliphatic rings. The second-order valence-corrected chi connectivity index (χ2v) is 8.09. The number of ether oxygens (including phenoxy) is 2. The molecule has 1 aromatic heterocycles. The molecule has 1 heterocycles. The van der Waals surface area contributed by atoms with Gasteiger partial charge in [0.05, 0.1) is 18.9 Å². The van der Waals surface area contributed by atoms with Gasteiger partial charge in [-0.3, -0.25) is 0 Å². The highest BCUT2D eigenvalue weighted by atomic mass is 35.5. The number of anilines is 1. The maximum Gasteiger partial charge on any atom is 0.223 e. The van der Waals surface area contributed by atoms with Crippen molar-refractivity contribution in [2.45, 2.75) is 25.2 Å². The Labute approximate surface area is 188 Å². The summed E-state index contributed by atoms with van der Waals surface area (Å²) >= 11 is 7.48. The summed E-state index contributed by atoms with van der Waals surface area (Å²) in [5.41, 5.74) is 7.90. The number of nitrogens with two attached hydrogens (primary N) is 1. The van der Waals surface area contributed by atoms with Crippen molar-refractivity contribution in [2.75, 3.05) is 18.6 Å². The number of nitrogens with zero attached hydrogens (tertiary/aromatic N) is 2. The van der Waals surface area contributed by atoms with E-state index in [0.717, 1.165) is 17.5 Å². The maximum atomic E-state index is 14.2. The van der Waals surface area contributed by atoms with Crippen LogP contribution >= 0.6 is 23.4 Å². The van der Waals surface area contributed by atoms with Gasteiger partial charge in [-0.25, -0.2) is 18.7 Å². The van der Waals surface area contributed by atoms with Gasteiger partial charge in [0, 0.05) is 35.6 Å². The van der Waals surface area contributed by atoms with Crippen LogP contribution in [0.4, 0.5) is 14.5 Å². The molecule has 31 heavy (non-hydrogen) atoms. The van der Waals surface area contributed by atoms with Crippen LogP contribution in [0.15, 0.2) is 42.6 Å². The smallest absolute Gasteiger partial charge is 0.223 e. The number of nitrogen functional groups attached to an aromatic ring is 1. The van der Waals surface area contributed by atoms with Crippen LogP contribution in [0.1, 0.15) is 18.9 Å². The highest BCUT2D eigenvalue weighted by molar-refractivity contribution is 7.97. The summed E-state index contributed by atoms with van der Waals surface area (Å²) in [6.07, 6.45) is 3.30. The van der Waals surface area contributed by atoms with Crippen LogP contribution in [0.2, 0.25) is 5.28 Å². The van der Waals surface area contributed by atoms with E-state index in [1.165, 1.54) is 18.2 Å². The molecule has 0 saturated carbocycles. The first-order valence-corrected chi connectivity index (χ1v) is 11.3. The molecule has 2 aromatic carbocycles. The van der Waals surface area contributed by atoms with Crippen LogP contribution in [0.25, 0.3) is 11.3 Å². The molecule has 0 aliphatic heterocycles. The number of hydrogen-bond acceptors (Lipinski definition) is 6. The Balaban J connectivity index is 1.67. The minimum atomic E-state index is -0.680. The molecular formula is C22H22ClF2N3O2S. The summed E-state index contributed by atoms with van der Waals surface area (Å²) in [7, 11) is 0. The zero-order chi connectivity index (χ0) is 22.4. The zero-order valence-corrected chi connectivity index (χ0v) is 18.6. The van der Waals surface area contributed by atoms with Crippen molar-refractivity contribution in [3.8, 4) is 22.8 Å². The summed E-state index contributed by atoms with van der Waals surface area (Å²) in [5, 5.41) is -0.114. The molecule has 2 N–H and O–H groups in total. The third-order valence-corrected chi connectivity index (χ3v) is 5.14. The van der Waals surface area contributed by atoms with Crippen molar-refractivity contribution in [1.29, 1.82) is 0 Å². The number of thioether (sulfide) groups is 1. The minimum absolute atomic E-state index is 0.0552. The summed E-state index contributed by atoms with van der Waals surface area (Å²) in [4.78, 5) is 7.50. The van der Waals surface area contributed by atoms with E-state index in [0.29, 0.717) is 17.9 Å². The van der Waals surface area contributed by atoms with E-state index in [9.17, 15) is 8.78 Å². The van der Waals surface area contributed by atoms with Gasteiger partial charge < -0.3 is 15.2 Å². The zero-order valence-electron chi connectivity index (χ0n) is 17.1. The molecule has 0 spiro atoms. The Bertz CT molecular complexity index is 1060. The number of halogens is 3. The van der Waals surface area contributed by atoms with Gasteiger partial charge in [0.1, 0.15) is 23.0 Å². The minimum Gasteiger partial charge on any atom is -0.493 e. The molecule has 0 aliphatic carbocycles. The van der Waals surface area contributed by atoms with Gasteiger partial charge in [0.25, 0.3) is 0 Å². The maximum absolute atomic E-state index is 14.2. The second kappa shape index (κ2) is 10.6. The molecule has 164 valence electrons. The third-order valence-electron chi connectivity index (χ3n) is 4.33. The summed E-state index contributed by atoms with van der Waals surface area (Å²) in [5.74, 6) is 0.489. The molecule has 3 aromatic rings. The lowest BCUT2D eigenvalue weighted by atomic mass is 10.1. The second-order valence-electron chi connectivity index (χ2n) is 6.88. The lowest BCUT2D eigenvalue weighted by molar-refractivity contribution is 0.177. The van der Waals surface area contributed by atoms with Crippen LogP contribution < -0.4 is 15.2 Å². The number of rotatable bonds is 9. The monoisotopic (exact) mass is 465 g/mol. The fraction of sp³-hybridized carbons (Fsp3) is 0.273. The Kier molecular flexibility index (Phi) is 7.92. The molecule has 0 bridgehead atoms. The Morgan fingerprint density at radius 3 is 2.77 bits per heavy atom. The van der Waals surface area contributed by atoms with Crippen molar-refractivity contribution >= 4 is 29.1 Å². The van der Waals surface area contributed by atoms with Crippen molar-refractivity contribution in [2.24, 2.45) is 0 Å². The van der Waals surface area contributed by atoms with E-state index in [1.807, 2.05) is 25.3 Å². The van der Waals surface area contributed by atoms with E-state index in [4.69, 9.17) is 26.8 Å². The van der Waals surface area contributed by atoms with Crippen LogP contribution in [-0.2, 0) is 5.75 Å². The first kappa shape index (κ1) is 23.1. The lowest BCUT2D eigenvalue weighted by Gasteiger charge is -2.17. The van der Waals surface area contributed by atoms with Gasteiger partial charge in [-0.2, -0.15) is 11.8 Å². The van der Waals surface area contributed by atoms with E-state index < -0.39 is 11.6 Å². The normalized spacial score (nSPS) is 11.9. The third kappa shape index (κ3) is 6.45. The van der Waals surface area contributed by atoms with Gasteiger partial charge in [-0.1, -0.05) is 0 Å². The lowest BCUT2D eigenvalue weighted by Crippen LogP contribution is -2.16. The van der Waals surface area contributed by atoms with Gasteiger partial charge in [0.15, 0.2) is 5.82 Å². The molecule has 0 unspecified atom stereocenters. The Morgan fingerprint density at radius 2 is 2.00 bits per heavy atom. The van der Waals surface area contributed by atoms with Crippen molar-refractivity contribution in [3.05, 3.63) is 65.1 Å². The Hall–Kier alpha value is -2.58. The largest absolute Gasteiger partial charge is 0.493 e. The van der Waals surface area contributed by atoms with Crippen LogP contribution in [0, 0.1) is 11.6 Å². The molecule has 0 saturated heterocycles. The molecule has 0 fully saturated rings. The summed E-state index contributed by atoms with van der Waals surface area (Å²) in [6.45, 7) is 2.12. The van der Waals surface area contributed by atoms with Crippen molar-refractivity contribution in [1.82, 2.24) is 9.97 Å². The Morgan fingerprint density at radius 1 is 1.19 bits per heavy atom. The molecule has 3 rings (SSSR count).